The molecule has 0 aliphatic carbocycles. The maximum Gasteiger partial charge on any atom is 0.250 e. The van der Waals surface area contributed by atoms with Crippen molar-refractivity contribution in [3.05, 3.63) is 52.6 Å². The summed E-state index contributed by atoms with van der Waals surface area (Å²) < 4.78 is 11.4. The molecule has 0 saturated heterocycles. The van der Waals surface area contributed by atoms with Gasteiger partial charge in [0.1, 0.15) is 6.61 Å². The number of fused-ring (bicyclic) bond motifs is 1. The minimum absolute atomic E-state index is 0.138. The number of aliphatic hydroxyl groups excluding tert-OH is 1. The number of amides is 1. The van der Waals surface area contributed by atoms with Crippen molar-refractivity contribution in [1.29, 1.82) is 0 Å². The van der Waals surface area contributed by atoms with Crippen LogP contribution in [-0.4, -0.2) is 57.0 Å². The van der Waals surface area contributed by atoms with Crippen LogP contribution in [0.3, 0.4) is 0 Å². The maximum absolute atomic E-state index is 12.2. The molecule has 33 heavy (non-hydrogen) atoms. The quantitative estimate of drug-likeness (QED) is 0.402. The molecule has 0 aromatic heterocycles. The highest BCUT2D eigenvalue weighted by atomic mass is 16.5. The Labute approximate surface area is 196 Å². The molecule has 1 amide bonds. The summed E-state index contributed by atoms with van der Waals surface area (Å²) in [6.45, 7) is 7.19. The summed E-state index contributed by atoms with van der Waals surface area (Å²) in [4.78, 5) is 14.3. The molecule has 2 aromatic rings. The Morgan fingerprint density at radius 3 is 2.76 bits per heavy atom. The van der Waals surface area contributed by atoms with Gasteiger partial charge in [-0.05, 0) is 67.5 Å². The van der Waals surface area contributed by atoms with E-state index in [1.54, 1.807) is 7.11 Å². The SMILES string of the molecule is CCc1ccc(OCCN[C@H](C)Cc2cc3c(c(C(N)=O)c2)N(CCCO)CC3)c(OC)c1. The van der Waals surface area contributed by atoms with Crippen LogP contribution in [0.15, 0.2) is 30.3 Å². The third kappa shape index (κ3) is 6.39. The summed E-state index contributed by atoms with van der Waals surface area (Å²) in [5.74, 6) is 1.10. The zero-order chi connectivity index (χ0) is 23.8. The molecule has 0 bridgehead atoms. The average Bonchev–Trinajstić information content (AvgIpc) is 3.22. The topological polar surface area (TPSA) is 97.0 Å². The molecule has 1 atom stereocenters. The highest BCUT2D eigenvalue weighted by molar-refractivity contribution is 6.00. The van der Waals surface area contributed by atoms with Gasteiger partial charge in [0.15, 0.2) is 11.5 Å². The van der Waals surface area contributed by atoms with Gasteiger partial charge in [-0.15, -0.1) is 0 Å². The van der Waals surface area contributed by atoms with Gasteiger partial charge in [-0.2, -0.15) is 0 Å². The monoisotopic (exact) mass is 455 g/mol. The van der Waals surface area contributed by atoms with E-state index in [-0.39, 0.29) is 12.6 Å². The number of aliphatic hydroxyl groups is 1. The Hall–Kier alpha value is -2.77. The molecule has 1 aliphatic rings. The number of ether oxygens (including phenoxy) is 2. The smallest absolute Gasteiger partial charge is 0.250 e. The molecule has 180 valence electrons. The number of nitrogens with zero attached hydrogens (tertiary/aromatic N) is 1. The summed E-state index contributed by atoms with van der Waals surface area (Å²) in [5.41, 5.74) is 10.7. The highest BCUT2D eigenvalue weighted by Crippen LogP contribution is 2.33. The number of nitrogens with two attached hydrogens (primary N) is 1. The lowest BCUT2D eigenvalue weighted by Gasteiger charge is -2.22. The van der Waals surface area contributed by atoms with Crippen molar-refractivity contribution in [2.24, 2.45) is 5.73 Å². The normalized spacial score (nSPS) is 13.6. The third-order valence-electron chi connectivity index (χ3n) is 6.10. The predicted octanol–water partition coefficient (Wildman–Crippen LogP) is 2.70. The van der Waals surface area contributed by atoms with Crippen molar-refractivity contribution in [2.75, 3.05) is 44.9 Å². The lowest BCUT2D eigenvalue weighted by Crippen LogP contribution is -2.32. The Kier molecular flexibility index (Phi) is 8.97. The van der Waals surface area contributed by atoms with Crippen LogP contribution in [0.2, 0.25) is 0 Å². The number of hydrogen-bond acceptors (Lipinski definition) is 6. The van der Waals surface area contributed by atoms with Crippen molar-refractivity contribution < 1.29 is 19.4 Å². The molecule has 7 heteroatoms. The molecule has 4 N–H and O–H groups in total. The van der Waals surface area contributed by atoms with Crippen LogP contribution in [-0.2, 0) is 19.3 Å². The second-order valence-electron chi connectivity index (χ2n) is 8.58. The minimum Gasteiger partial charge on any atom is -0.493 e. The first-order valence-corrected chi connectivity index (χ1v) is 11.8. The van der Waals surface area contributed by atoms with Crippen LogP contribution >= 0.6 is 0 Å². The van der Waals surface area contributed by atoms with E-state index in [9.17, 15) is 4.79 Å². The summed E-state index contributed by atoms with van der Waals surface area (Å²) in [7, 11) is 1.66. The van der Waals surface area contributed by atoms with E-state index in [0.717, 1.165) is 60.7 Å². The van der Waals surface area contributed by atoms with E-state index in [4.69, 9.17) is 20.3 Å². The molecular formula is C26H37N3O4. The third-order valence-corrected chi connectivity index (χ3v) is 6.10. The molecule has 7 nitrogen and oxygen atoms in total. The molecule has 1 aliphatic heterocycles. The van der Waals surface area contributed by atoms with Crippen LogP contribution in [0.1, 0.15) is 47.3 Å². The Bertz CT molecular complexity index is 947. The number of primary amides is 1. The molecule has 2 aromatic carbocycles. The number of anilines is 1. The minimum atomic E-state index is -0.402. The van der Waals surface area contributed by atoms with E-state index < -0.39 is 5.91 Å². The van der Waals surface area contributed by atoms with Gasteiger partial charge in [-0.1, -0.05) is 19.1 Å². The number of aryl methyl sites for hydroxylation is 1. The van der Waals surface area contributed by atoms with Gasteiger partial charge >= 0.3 is 0 Å². The van der Waals surface area contributed by atoms with Gasteiger partial charge in [0.2, 0.25) is 0 Å². The second-order valence-corrected chi connectivity index (χ2v) is 8.58. The first-order chi connectivity index (χ1) is 16.0. The number of hydrogen-bond donors (Lipinski definition) is 3. The first-order valence-electron chi connectivity index (χ1n) is 11.8. The van der Waals surface area contributed by atoms with Gasteiger partial charge in [0, 0.05) is 32.3 Å². The highest BCUT2D eigenvalue weighted by Gasteiger charge is 2.25. The fourth-order valence-corrected chi connectivity index (χ4v) is 4.43. The second kappa shape index (κ2) is 11.9. The van der Waals surface area contributed by atoms with Crippen LogP contribution < -0.4 is 25.4 Å². The fourth-order valence-electron chi connectivity index (χ4n) is 4.43. The van der Waals surface area contributed by atoms with E-state index in [1.165, 1.54) is 5.56 Å². The lowest BCUT2D eigenvalue weighted by molar-refractivity contribution is 0.100. The summed E-state index contributed by atoms with van der Waals surface area (Å²) in [6, 6.07) is 10.4. The largest absolute Gasteiger partial charge is 0.493 e. The molecule has 0 unspecified atom stereocenters. The van der Waals surface area contributed by atoms with Crippen molar-refractivity contribution in [3.8, 4) is 11.5 Å². The van der Waals surface area contributed by atoms with Crippen molar-refractivity contribution in [2.45, 2.75) is 45.6 Å². The Morgan fingerprint density at radius 1 is 1.24 bits per heavy atom. The van der Waals surface area contributed by atoms with Crippen LogP contribution in [0.5, 0.6) is 11.5 Å². The molecule has 0 radical (unpaired) electrons. The first kappa shape index (κ1) is 24.9. The number of methoxy groups -OCH3 is 1. The van der Waals surface area contributed by atoms with Gasteiger partial charge in [0.25, 0.3) is 5.91 Å². The van der Waals surface area contributed by atoms with Gasteiger partial charge in [0.05, 0.1) is 18.4 Å². The van der Waals surface area contributed by atoms with Crippen molar-refractivity contribution >= 4 is 11.6 Å². The maximum atomic E-state index is 12.2. The molecule has 3 rings (SSSR count). The van der Waals surface area contributed by atoms with Gasteiger partial charge < -0.3 is 30.5 Å². The van der Waals surface area contributed by atoms with Gasteiger partial charge in [-0.25, -0.2) is 0 Å². The Balaban J connectivity index is 1.56. The number of carbonyl (C=O) groups is 1. The predicted molar refractivity (Wildman–Crippen MR) is 132 cm³/mol. The molecule has 0 saturated carbocycles. The van der Waals surface area contributed by atoms with E-state index in [0.29, 0.717) is 25.1 Å². The lowest BCUT2D eigenvalue weighted by atomic mass is 9.98. The summed E-state index contributed by atoms with van der Waals surface area (Å²) >= 11 is 0. The van der Waals surface area contributed by atoms with Crippen molar-refractivity contribution in [3.63, 3.8) is 0 Å². The molecule has 0 spiro atoms. The van der Waals surface area contributed by atoms with E-state index >= 15 is 0 Å². The molecule has 1 heterocycles. The molecular weight excluding hydrogens is 418 g/mol. The number of nitrogens with one attached hydrogen (secondary N) is 1. The van der Waals surface area contributed by atoms with Crippen LogP contribution in [0.4, 0.5) is 5.69 Å². The van der Waals surface area contributed by atoms with E-state index in [2.05, 4.69) is 36.2 Å². The number of rotatable bonds is 13. The standard InChI is InChI=1S/C26H37N3O4/c1-4-19-6-7-23(24(17-19)32-3)33-13-9-28-18(2)14-20-15-21-8-11-29(10-5-12-30)25(21)22(16-20)26(27)31/h6-7,15-18,28,30H,4-5,8-14H2,1-3H3,(H2,27,31)/t18-/m1/s1. The van der Waals surface area contributed by atoms with E-state index in [1.807, 2.05) is 18.2 Å². The fraction of sp³-hybridized carbons (Fsp3) is 0.500. The zero-order valence-electron chi connectivity index (χ0n) is 20.0. The number of benzene rings is 2. The molecule has 0 fully saturated rings. The number of carbonyl (C=O) groups excluding carboxylic acids is 1. The Morgan fingerprint density at radius 2 is 2.06 bits per heavy atom. The van der Waals surface area contributed by atoms with Crippen molar-refractivity contribution in [1.82, 2.24) is 5.32 Å². The van der Waals surface area contributed by atoms with Gasteiger partial charge in [-0.3, -0.25) is 4.79 Å². The summed E-state index contributed by atoms with van der Waals surface area (Å²) in [5, 5.41) is 12.7. The van der Waals surface area contributed by atoms with Crippen LogP contribution in [0.25, 0.3) is 0 Å². The average molecular weight is 456 g/mol. The summed E-state index contributed by atoms with van der Waals surface area (Å²) in [6.07, 6.45) is 3.31. The zero-order valence-corrected chi connectivity index (χ0v) is 20.0. The van der Waals surface area contributed by atoms with Crippen LogP contribution in [0, 0.1) is 0 Å².